The predicted molar refractivity (Wildman–Crippen MR) is 263 cm³/mol. The van der Waals surface area contributed by atoms with Gasteiger partial charge in [0.1, 0.15) is 61.3 Å². The van der Waals surface area contributed by atoms with Crippen molar-refractivity contribution in [2.45, 2.75) is 95.3 Å². The van der Waals surface area contributed by atoms with Crippen LogP contribution in [0.15, 0.2) is 122 Å². The van der Waals surface area contributed by atoms with Gasteiger partial charge in [-0.25, -0.2) is 15.0 Å². The number of terminal acetylenes is 1. The van der Waals surface area contributed by atoms with Gasteiger partial charge in [-0.05, 0) is 94.6 Å². The molecule has 2 fully saturated rings. The molecule has 4 heterocycles. The van der Waals surface area contributed by atoms with Crippen LogP contribution in [0.2, 0.25) is 0 Å². The molecule has 5 atom stereocenters. The van der Waals surface area contributed by atoms with Crippen LogP contribution >= 0.6 is 8.30 Å². The van der Waals surface area contributed by atoms with Gasteiger partial charge in [-0.3, -0.25) is 18.8 Å². The number of benzene rings is 4. The molecule has 0 saturated carbocycles. The number of methoxy groups -OCH3 is 2. The third-order valence-electron chi connectivity index (χ3n) is 12.3. The van der Waals surface area contributed by atoms with Crippen LogP contribution in [0.1, 0.15) is 81.2 Å². The number of rotatable bonds is 20. The Balaban J connectivity index is 1.24. The molecule has 6 aromatic rings. The van der Waals surface area contributed by atoms with Gasteiger partial charge >= 0.3 is 5.97 Å². The van der Waals surface area contributed by atoms with Crippen LogP contribution in [-0.4, -0.2) is 105 Å². The fourth-order valence-corrected chi connectivity index (χ4v) is 11.5. The number of nitrogens with one attached hydrogen (secondary N) is 1. The average molecular weight is 955 g/mol. The van der Waals surface area contributed by atoms with Gasteiger partial charge in [-0.1, -0.05) is 72.8 Å². The minimum Gasteiger partial charge on any atom is -0.497 e. The molecule has 2 aromatic heterocycles. The van der Waals surface area contributed by atoms with Gasteiger partial charge in [0.25, 0.3) is 5.91 Å². The summed E-state index contributed by atoms with van der Waals surface area (Å²) in [4.78, 5) is 41.1. The van der Waals surface area contributed by atoms with E-state index in [-0.39, 0.29) is 49.6 Å². The van der Waals surface area contributed by atoms with Crippen molar-refractivity contribution in [3.8, 4) is 23.8 Å². The fourth-order valence-electron chi connectivity index (χ4n) is 9.23. The Kier molecular flexibility index (Phi) is 14.8. The number of amides is 1. The van der Waals surface area contributed by atoms with E-state index in [0.717, 1.165) is 16.7 Å². The van der Waals surface area contributed by atoms with Crippen LogP contribution < -0.4 is 14.8 Å². The molecule has 4 aromatic carbocycles. The minimum absolute atomic E-state index is 0.0267. The van der Waals surface area contributed by atoms with Gasteiger partial charge in [0.2, 0.25) is 0 Å². The second-order valence-electron chi connectivity index (χ2n) is 18.2. The van der Waals surface area contributed by atoms with Crippen LogP contribution in [0, 0.1) is 12.3 Å². The van der Waals surface area contributed by atoms with E-state index in [1.54, 1.807) is 63.2 Å². The predicted octanol–water partition coefficient (Wildman–Crippen LogP) is 8.93. The van der Waals surface area contributed by atoms with Crippen molar-refractivity contribution in [2.75, 3.05) is 38.9 Å². The number of carbonyl (C=O) groups excluding carboxylic acids is 2. The van der Waals surface area contributed by atoms with Gasteiger partial charge in [0.15, 0.2) is 23.2 Å². The quantitative estimate of drug-likeness (QED) is 0.0335. The molecular weight excluding hydrogens is 896 g/mol. The Morgan fingerprint density at radius 2 is 1.46 bits per heavy atom. The van der Waals surface area contributed by atoms with Crippen molar-refractivity contribution in [3.63, 3.8) is 0 Å². The zero-order chi connectivity index (χ0) is 48.9. The molecule has 69 heavy (non-hydrogen) atoms. The maximum Gasteiger partial charge on any atom is 0.314 e. The lowest BCUT2D eigenvalue weighted by molar-refractivity contribution is -0.201. The number of hydrogen-bond acceptors (Lipinski definition) is 13. The zero-order valence-corrected chi connectivity index (χ0v) is 41.1. The molecule has 2 bridgehead atoms. The molecule has 15 nitrogen and oxygen atoms in total. The first-order valence-corrected chi connectivity index (χ1v) is 24.3. The van der Waals surface area contributed by atoms with Crippen molar-refractivity contribution in [3.05, 3.63) is 144 Å². The topological polar surface area (TPSA) is 158 Å². The smallest absolute Gasteiger partial charge is 0.314 e. The van der Waals surface area contributed by atoms with Crippen LogP contribution in [-0.2, 0) is 33.9 Å². The third kappa shape index (κ3) is 10.1. The number of anilines is 1. The standard InChI is InChI=1S/C53H59N6O9P/c1-10-29-51(6,7)66-43(60)30-69(59(35(2)3)36(4)5)68-46-45-50(58-34-56-44-47(54-33-55-48(44)58)57-49(61)37-17-13-11-14-18-37)67-52(46,31-64-45)32-65-53(38-19-15-12-16-20-38,39-21-25-41(62-8)26-22-39)40-23-27-42(63-9)28-24-40/h1,11-28,33-36,45-46,50H,29-32H2,2-9H3,(H,54,55,57,61)/t45?,46-,50-,52-,69?/m1/s1. The number of ether oxygens (including phenoxy) is 6. The summed E-state index contributed by atoms with van der Waals surface area (Å²) in [6, 6.07) is 34.4. The van der Waals surface area contributed by atoms with E-state index in [9.17, 15) is 9.59 Å². The van der Waals surface area contributed by atoms with Crippen molar-refractivity contribution in [1.29, 1.82) is 0 Å². The highest BCUT2D eigenvalue weighted by atomic mass is 31.2. The lowest BCUT2D eigenvalue weighted by atomic mass is 9.79. The maximum absolute atomic E-state index is 14.0. The highest BCUT2D eigenvalue weighted by molar-refractivity contribution is 7.51. The van der Waals surface area contributed by atoms with Crippen molar-refractivity contribution >= 4 is 37.2 Å². The minimum atomic E-state index is -1.73. The summed E-state index contributed by atoms with van der Waals surface area (Å²) in [6.45, 7) is 11.9. The molecule has 2 aliphatic rings. The maximum atomic E-state index is 14.0. The molecule has 2 aliphatic heterocycles. The van der Waals surface area contributed by atoms with E-state index >= 15 is 0 Å². The summed E-state index contributed by atoms with van der Waals surface area (Å²) in [7, 11) is 1.54. The van der Waals surface area contributed by atoms with E-state index < -0.39 is 49.5 Å². The van der Waals surface area contributed by atoms with E-state index in [0.29, 0.717) is 28.2 Å². The normalized spacial score (nSPS) is 19.5. The van der Waals surface area contributed by atoms with Gasteiger partial charge < -0.3 is 38.3 Å². The summed E-state index contributed by atoms with van der Waals surface area (Å²) >= 11 is 0. The van der Waals surface area contributed by atoms with Crippen LogP contribution in [0.4, 0.5) is 5.82 Å². The molecule has 2 unspecified atom stereocenters. The van der Waals surface area contributed by atoms with Crippen molar-refractivity contribution in [2.24, 2.45) is 0 Å². The molecular formula is C53H59N6O9P. The van der Waals surface area contributed by atoms with Gasteiger partial charge in [-0.2, -0.15) is 0 Å². The largest absolute Gasteiger partial charge is 0.497 e. The van der Waals surface area contributed by atoms with Gasteiger partial charge in [0, 0.05) is 24.1 Å². The second-order valence-corrected chi connectivity index (χ2v) is 19.9. The number of esters is 1. The van der Waals surface area contributed by atoms with Gasteiger partial charge in [-0.15, -0.1) is 12.3 Å². The Labute approximate surface area is 404 Å². The number of aromatic nitrogens is 4. The van der Waals surface area contributed by atoms with Crippen LogP contribution in [0.25, 0.3) is 11.2 Å². The molecule has 2 saturated heterocycles. The summed E-state index contributed by atoms with van der Waals surface area (Å²) in [5.74, 6) is 3.44. The lowest BCUT2D eigenvalue weighted by Gasteiger charge is -2.42. The molecule has 0 radical (unpaired) electrons. The molecule has 360 valence electrons. The SMILES string of the molecule is C#CCC(C)(C)OC(=O)CP(O[C@@H]1C2OC[C@]1(COC(c1ccccc1)(c1ccc(OC)cc1)c1ccc(OC)cc1)O[C@H]2n1cnc2c(NC(=O)c3ccccc3)ncnc21)N(C(C)C)C(C)C. The van der Waals surface area contributed by atoms with E-state index in [1.165, 1.54) is 6.33 Å². The average Bonchev–Trinajstić information content (AvgIpc) is 4.02. The first-order valence-electron chi connectivity index (χ1n) is 22.9. The molecule has 8 rings (SSSR count). The third-order valence-corrected chi connectivity index (χ3v) is 14.8. The first-order chi connectivity index (χ1) is 33.2. The van der Waals surface area contributed by atoms with Crippen molar-refractivity contribution < 1.29 is 42.5 Å². The number of carbonyl (C=O) groups is 2. The van der Waals surface area contributed by atoms with E-state index in [2.05, 4.69) is 53.6 Å². The Bertz CT molecular complexity index is 2690. The molecule has 16 heteroatoms. The van der Waals surface area contributed by atoms with Crippen LogP contribution in [0.3, 0.4) is 0 Å². The fraction of sp³-hybridized carbons (Fsp3) is 0.377. The summed E-state index contributed by atoms with van der Waals surface area (Å²) in [6.07, 6.45) is 6.41. The van der Waals surface area contributed by atoms with E-state index in [1.807, 2.05) is 84.9 Å². The summed E-state index contributed by atoms with van der Waals surface area (Å²) in [5, 5.41) is 2.90. The lowest BCUT2D eigenvalue weighted by Crippen LogP contribution is -2.49. The molecule has 1 N–H and O–H groups in total. The summed E-state index contributed by atoms with van der Waals surface area (Å²) in [5.41, 5.74) is 0.316. The van der Waals surface area contributed by atoms with Gasteiger partial charge in [0.05, 0.1) is 33.8 Å². The summed E-state index contributed by atoms with van der Waals surface area (Å²) < 4.78 is 50.3. The zero-order valence-electron chi connectivity index (χ0n) is 40.2. The Morgan fingerprint density at radius 3 is 2.04 bits per heavy atom. The highest BCUT2D eigenvalue weighted by Crippen LogP contribution is 2.56. The number of imidazole rings is 1. The monoisotopic (exact) mass is 954 g/mol. The molecule has 0 aliphatic carbocycles. The Hall–Kier alpha value is -6.24. The first kappa shape index (κ1) is 49.2. The number of hydrogen-bond donors (Lipinski definition) is 1. The Morgan fingerprint density at radius 1 is 0.870 bits per heavy atom. The number of nitrogens with zero attached hydrogens (tertiary/aromatic N) is 5. The second kappa shape index (κ2) is 20.8. The van der Waals surface area contributed by atoms with E-state index in [4.69, 9.17) is 44.4 Å². The van der Waals surface area contributed by atoms with Crippen molar-refractivity contribution in [1.82, 2.24) is 24.2 Å². The molecule has 1 amide bonds. The van der Waals surface area contributed by atoms with Crippen LogP contribution in [0.5, 0.6) is 11.5 Å². The highest BCUT2D eigenvalue weighted by Gasteiger charge is 2.65. The molecule has 0 spiro atoms. The number of fused-ring (bicyclic) bond motifs is 3.